The Morgan fingerprint density at radius 2 is 2.07 bits per heavy atom. The predicted molar refractivity (Wildman–Crippen MR) is 115 cm³/mol. The van der Waals surface area contributed by atoms with E-state index in [1.165, 1.54) is 16.8 Å². The largest absolute Gasteiger partial charge is 0.497 e. The number of hydrogen-bond donors (Lipinski definition) is 2. The number of non-ortho nitro benzene ring substituents is 1. The van der Waals surface area contributed by atoms with Gasteiger partial charge >= 0.3 is 0 Å². The first-order chi connectivity index (χ1) is 14.0. The van der Waals surface area contributed by atoms with Crippen LogP contribution in [0, 0.1) is 10.1 Å². The summed E-state index contributed by atoms with van der Waals surface area (Å²) in [6, 6.07) is 14.0. The fraction of sp³-hybridized carbons (Fsp3) is 0.391. The number of H-pyrrole nitrogens is 1. The van der Waals surface area contributed by atoms with Gasteiger partial charge in [-0.2, -0.15) is 0 Å². The molecule has 0 saturated heterocycles. The van der Waals surface area contributed by atoms with Crippen molar-refractivity contribution in [2.75, 3.05) is 7.11 Å². The molecule has 0 radical (unpaired) electrons. The maximum absolute atomic E-state index is 11.1. The number of ether oxygens (including phenoxy) is 1. The molecule has 2 aromatic carbocycles. The minimum atomic E-state index is -0.321. The Labute approximate surface area is 170 Å². The van der Waals surface area contributed by atoms with Crippen molar-refractivity contribution in [2.24, 2.45) is 0 Å². The average Bonchev–Trinajstić information content (AvgIpc) is 3.11. The monoisotopic (exact) mass is 393 g/mol. The lowest BCUT2D eigenvalue weighted by Gasteiger charge is -2.27. The summed E-state index contributed by atoms with van der Waals surface area (Å²) >= 11 is 0. The van der Waals surface area contributed by atoms with Gasteiger partial charge < -0.3 is 15.0 Å². The molecule has 29 heavy (non-hydrogen) atoms. The number of benzene rings is 2. The lowest BCUT2D eigenvalue weighted by atomic mass is 9.91. The van der Waals surface area contributed by atoms with E-state index >= 15 is 0 Å². The Morgan fingerprint density at radius 3 is 2.79 bits per heavy atom. The molecule has 0 bridgehead atoms. The molecule has 2 N–H and O–H groups in total. The Morgan fingerprint density at radius 1 is 1.28 bits per heavy atom. The predicted octanol–water partition coefficient (Wildman–Crippen LogP) is 5.07. The summed E-state index contributed by atoms with van der Waals surface area (Å²) in [4.78, 5) is 14.3. The molecule has 0 saturated carbocycles. The molecule has 0 fully saturated rings. The highest BCUT2D eigenvalue weighted by Gasteiger charge is 2.26. The van der Waals surface area contributed by atoms with Crippen molar-refractivity contribution in [1.29, 1.82) is 0 Å². The molecular formula is C23H27N3O3. The molecule has 1 aliphatic rings. The number of nitro benzene ring substituents is 1. The number of nitro groups is 1. The van der Waals surface area contributed by atoms with E-state index in [1.807, 2.05) is 18.2 Å². The van der Waals surface area contributed by atoms with Gasteiger partial charge in [0.25, 0.3) is 5.69 Å². The summed E-state index contributed by atoms with van der Waals surface area (Å²) in [6.07, 6.45) is 5.19. The smallest absolute Gasteiger partial charge is 0.270 e. The summed E-state index contributed by atoms with van der Waals surface area (Å²) < 4.78 is 5.22. The van der Waals surface area contributed by atoms with Crippen molar-refractivity contribution in [1.82, 2.24) is 10.3 Å². The number of aryl methyl sites for hydroxylation is 2. The van der Waals surface area contributed by atoms with E-state index in [2.05, 4.69) is 29.4 Å². The highest BCUT2D eigenvalue weighted by molar-refractivity contribution is 5.87. The van der Waals surface area contributed by atoms with Crippen LogP contribution in [0.5, 0.6) is 5.75 Å². The molecule has 1 heterocycles. The number of rotatable bonds is 7. The van der Waals surface area contributed by atoms with Crippen LogP contribution in [0.15, 0.2) is 42.5 Å². The highest BCUT2D eigenvalue weighted by Crippen LogP contribution is 2.36. The van der Waals surface area contributed by atoms with E-state index in [0.29, 0.717) is 6.04 Å². The Bertz CT molecular complexity index is 1010. The van der Waals surface area contributed by atoms with Gasteiger partial charge in [0, 0.05) is 40.8 Å². The van der Waals surface area contributed by atoms with Gasteiger partial charge in [-0.3, -0.25) is 10.1 Å². The van der Waals surface area contributed by atoms with Crippen LogP contribution >= 0.6 is 0 Å². The van der Waals surface area contributed by atoms with Crippen LogP contribution < -0.4 is 10.1 Å². The zero-order valence-electron chi connectivity index (χ0n) is 16.9. The number of nitrogens with one attached hydrogen (secondary N) is 2. The molecule has 3 aromatic rings. The fourth-order valence-corrected chi connectivity index (χ4v) is 4.33. The van der Waals surface area contributed by atoms with Gasteiger partial charge in [0.05, 0.1) is 12.0 Å². The van der Waals surface area contributed by atoms with Crippen LogP contribution in [-0.4, -0.2) is 23.1 Å². The number of aromatic nitrogens is 1. The molecule has 0 spiro atoms. The summed E-state index contributed by atoms with van der Waals surface area (Å²) in [7, 11) is 1.68. The van der Waals surface area contributed by atoms with E-state index in [1.54, 1.807) is 19.2 Å². The van der Waals surface area contributed by atoms with Crippen LogP contribution in [0.2, 0.25) is 0 Å². The summed E-state index contributed by atoms with van der Waals surface area (Å²) in [5.74, 6) is 0.883. The number of fused-ring (bicyclic) bond motifs is 3. The van der Waals surface area contributed by atoms with Crippen molar-refractivity contribution in [3.8, 4) is 5.75 Å². The molecule has 0 unspecified atom stereocenters. The van der Waals surface area contributed by atoms with Crippen LogP contribution in [0.1, 0.15) is 49.0 Å². The second-order valence-electron chi connectivity index (χ2n) is 7.90. The molecule has 0 aliphatic heterocycles. The van der Waals surface area contributed by atoms with Crippen LogP contribution in [-0.2, 0) is 12.8 Å². The van der Waals surface area contributed by atoms with E-state index in [-0.39, 0.29) is 16.7 Å². The Balaban J connectivity index is 1.46. The number of methoxy groups -OCH3 is 1. The minimum absolute atomic E-state index is 0.155. The molecule has 2 atom stereocenters. The topological polar surface area (TPSA) is 80.2 Å². The van der Waals surface area contributed by atoms with E-state index < -0.39 is 0 Å². The lowest BCUT2D eigenvalue weighted by molar-refractivity contribution is -0.384. The summed E-state index contributed by atoms with van der Waals surface area (Å²) in [6.45, 7) is 2.23. The Kier molecular flexibility index (Phi) is 5.53. The molecule has 6 heteroatoms. The van der Waals surface area contributed by atoms with Crippen molar-refractivity contribution >= 4 is 16.6 Å². The zero-order chi connectivity index (χ0) is 20.4. The summed E-state index contributed by atoms with van der Waals surface area (Å²) in [5, 5.41) is 15.9. The molecule has 4 rings (SSSR count). The van der Waals surface area contributed by atoms with Gasteiger partial charge in [-0.05, 0) is 68.4 Å². The van der Waals surface area contributed by atoms with E-state index in [9.17, 15) is 10.1 Å². The third-order valence-corrected chi connectivity index (χ3v) is 5.91. The normalized spacial score (nSPS) is 17.1. The van der Waals surface area contributed by atoms with E-state index in [4.69, 9.17) is 4.74 Å². The highest BCUT2D eigenvalue weighted by atomic mass is 16.6. The first-order valence-corrected chi connectivity index (χ1v) is 10.2. The maximum Gasteiger partial charge on any atom is 0.270 e. The molecule has 0 amide bonds. The van der Waals surface area contributed by atoms with Crippen molar-refractivity contribution in [3.63, 3.8) is 0 Å². The average molecular weight is 393 g/mol. The summed E-state index contributed by atoms with van der Waals surface area (Å²) in [5.41, 5.74) is 4.88. The third kappa shape index (κ3) is 4.12. The molecule has 1 aliphatic carbocycles. The molecule has 6 nitrogen and oxygen atoms in total. The van der Waals surface area contributed by atoms with Gasteiger partial charge in [0.15, 0.2) is 0 Å². The standard InChI is InChI=1S/C23H27N3O3/c1-15(6-7-16-8-11-18(29-2)12-9-16)24-22-5-3-4-19-20-14-17(26(27)28)10-13-21(20)25-23(19)22/h8-15,22,24-25H,3-7H2,1-2H3/t15-,22+/m0/s1. The number of nitrogens with zero attached hydrogens (tertiary/aromatic N) is 1. The lowest BCUT2D eigenvalue weighted by Crippen LogP contribution is -2.33. The van der Waals surface area contributed by atoms with Gasteiger partial charge in [-0.25, -0.2) is 0 Å². The Hall–Kier alpha value is -2.86. The van der Waals surface area contributed by atoms with Crippen molar-refractivity contribution in [2.45, 2.75) is 51.1 Å². The second kappa shape index (κ2) is 8.25. The molecule has 152 valence electrons. The fourth-order valence-electron chi connectivity index (χ4n) is 4.33. The maximum atomic E-state index is 11.1. The first kappa shape index (κ1) is 19.5. The number of aromatic amines is 1. The van der Waals surface area contributed by atoms with Gasteiger partial charge in [-0.15, -0.1) is 0 Å². The first-order valence-electron chi connectivity index (χ1n) is 10.2. The van der Waals surface area contributed by atoms with Crippen molar-refractivity contribution in [3.05, 3.63) is 69.4 Å². The minimum Gasteiger partial charge on any atom is -0.497 e. The van der Waals surface area contributed by atoms with Crippen LogP contribution in [0.4, 0.5) is 5.69 Å². The molecular weight excluding hydrogens is 366 g/mol. The van der Waals surface area contributed by atoms with Crippen molar-refractivity contribution < 1.29 is 9.66 Å². The quantitative estimate of drug-likeness (QED) is 0.434. The number of hydrogen-bond acceptors (Lipinski definition) is 4. The second-order valence-corrected chi connectivity index (χ2v) is 7.90. The third-order valence-electron chi connectivity index (χ3n) is 5.91. The van der Waals surface area contributed by atoms with E-state index in [0.717, 1.165) is 48.8 Å². The van der Waals surface area contributed by atoms with Gasteiger partial charge in [0.2, 0.25) is 0 Å². The van der Waals surface area contributed by atoms with Crippen LogP contribution in [0.3, 0.4) is 0 Å². The SMILES string of the molecule is COc1ccc(CC[C@H](C)N[C@@H]2CCCc3c2[nH]c2ccc([N+](=O)[O-])cc32)cc1. The van der Waals surface area contributed by atoms with Gasteiger partial charge in [-0.1, -0.05) is 12.1 Å². The zero-order valence-corrected chi connectivity index (χ0v) is 16.9. The van der Waals surface area contributed by atoms with Gasteiger partial charge in [0.1, 0.15) is 5.75 Å². The molecule has 1 aromatic heterocycles. The van der Waals surface area contributed by atoms with Crippen LogP contribution in [0.25, 0.3) is 10.9 Å².